The number of aryl methyl sites for hydroxylation is 2. The summed E-state index contributed by atoms with van der Waals surface area (Å²) >= 11 is 6.00. The average molecular weight is 351 g/mol. The maximum absolute atomic E-state index is 12.8. The number of fused-ring (bicyclic) bond motifs is 1. The van der Waals surface area contributed by atoms with Crippen molar-refractivity contribution in [3.8, 4) is 5.69 Å². The number of hydrogen-bond acceptors (Lipinski definition) is 2. The number of carbonyl (C=O) groups is 1. The largest absolute Gasteiger partial charge is 0.294 e. The Kier molecular flexibility index (Phi) is 3.97. The summed E-state index contributed by atoms with van der Waals surface area (Å²) in [7, 11) is 0. The van der Waals surface area contributed by atoms with Gasteiger partial charge in [-0.1, -0.05) is 35.9 Å². The van der Waals surface area contributed by atoms with Gasteiger partial charge in [-0.3, -0.25) is 4.79 Å². The van der Waals surface area contributed by atoms with Crippen molar-refractivity contribution in [2.75, 3.05) is 0 Å². The summed E-state index contributed by atoms with van der Waals surface area (Å²) in [5, 5.41) is 5.39. The van der Waals surface area contributed by atoms with E-state index in [2.05, 4.69) is 24.2 Å². The van der Waals surface area contributed by atoms with Crippen LogP contribution in [0.3, 0.4) is 0 Å². The van der Waals surface area contributed by atoms with Gasteiger partial charge in [0.15, 0.2) is 5.78 Å². The van der Waals surface area contributed by atoms with Crippen molar-refractivity contribution in [1.29, 1.82) is 0 Å². The Bertz CT molecular complexity index is 957. The minimum absolute atomic E-state index is 0.164. The lowest BCUT2D eigenvalue weighted by molar-refractivity contribution is 0.0963. The van der Waals surface area contributed by atoms with Crippen molar-refractivity contribution >= 4 is 17.4 Å². The van der Waals surface area contributed by atoms with E-state index >= 15 is 0 Å². The molecule has 0 saturated carbocycles. The molecule has 1 aliphatic rings. The van der Waals surface area contributed by atoms with Crippen LogP contribution < -0.4 is 0 Å². The van der Waals surface area contributed by atoms with Gasteiger partial charge in [-0.05, 0) is 61.6 Å². The third kappa shape index (κ3) is 2.89. The summed E-state index contributed by atoms with van der Waals surface area (Å²) in [6.45, 7) is 3.99. The molecule has 0 saturated heterocycles. The smallest absolute Gasteiger partial charge is 0.167 e. The first kappa shape index (κ1) is 16.1. The molecule has 0 bridgehead atoms. The molecule has 0 unspecified atom stereocenters. The fourth-order valence-corrected chi connectivity index (χ4v) is 3.83. The summed E-state index contributed by atoms with van der Waals surface area (Å²) in [5.74, 6) is 0.342. The predicted molar refractivity (Wildman–Crippen MR) is 99.9 cm³/mol. The molecule has 1 aromatic heterocycles. The third-order valence-corrected chi connectivity index (χ3v) is 5.15. The standard InChI is InChI=1S/C21H19ClN2O/c1-13-4-3-5-18(10-13)24-19-11-16(15-6-8-17(22)9-7-15)12-20(25)21(19)14(2)23-24/h3-10,16H,11-12H2,1-2H3/t16-/m0/s1. The number of Topliss-reactive ketones (excluding diaryl/α,β-unsaturated/α-hetero) is 1. The molecule has 4 heteroatoms. The number of halogens is 1. The van der Waals surface area contributed by atoms with E-state index in [1.54, 1.807) is 0 Å². The first-order valence-electron chi connectivity index (χ1n) is 8.47. The van der Waals surface area contributed by atoms with E-state index in [1.807, 2.05) is 48.0 Å². The lowest BCUT2D eigenvalue weighted by Gasteiger charge is -2.23. The molecular weight excluding hydrogens is 332 g/mol. The Morgan fingerprint density at radius 2 is 1.84 bits per heavy atom. The van der Waals surface area contributed by atoms with Gasteiger partial charge in [-0.2, -0.15) is 5.10 Å². The molecule has 4 rings (SSSR count). The average Bonchev–Trinajstić information content (AvgIpc) is 2.93. The molecule has 1 aliphatic carbocycles. The molecule has 0 fully saturated rings. The second-order valence-electron chi connectivity index (χ2n) is 6.74. The van der Waals surface area contributed by atoms with Crippen molar-refractivity contribution in [2.45, 2.75) is 32.6 Å². The summed E-state index contributed by atoms with van der Waals surface area (Å²) in [5.41, 5.74) is 5.96. The second-order valence-corrected chi connectivity index (χ2v) is 7.17. The molecule has 0 spiro atoms. The summed E-state index contributed by atoms with van der Waals surface area (Å²) in [6.07, 6.45) is 1.33. The van der Waals surface area contributed by atoms with Crippen molar-refractivity contribution in [3.63, 3.8) is 0 Å². The van der Waals surface area contributed by atoms with Crippen LogP contribution in [0.15, 0.2) is 48.5 Å². The minimum atomic E-state index is 0.164. The Morgan fingerprint density at radius 1 is 1.08 bits per heavy atom. The quantitative estimate of drug-likeness (QED) is 0.647. The number of carbonyl (C=O) groups excluding carboxylic acids is 1. The van der Waals surface area contributed by atoms with Crippen molar-refractivity contribution in [1.82, 2.24) is 9.78 Å². The van der Waals surface area contributed by atoms with Crippen molar-refractivity contribution in [3.05, 3.63) is 81.6 Å². The van der Waals surface area contributed by atoms with Crippen molar-refractivity contribution in [2.24, 2.45) is 0 Å². The highest BCUT2D eigenvalue weighted by molar-refractivity contribution is 6.30. The van der Waals surface area contributed by atoms with Gasteiger partial charge in [0.2, 0.25) is 0 Å². The van der Waals surface area contributed by atoms with Gasteiger partial charge < -0.3 is 0 Å². The fraction of sp³-hybridized carbons (Fsp3) is 0.238. The monoisotopic (exact) mass is 350 g/mol. The Labute approximate surface area is 152 Å². The molecule has 0 amide bonds. The molecule has 0 aliphatic heterocycles. The van der Waals surface area contributed by atoms with Gasteiger partial charge in [0.1, 0.15) is 0 Å². The highest BCUT2D eigenvalue weighted by atomic mass is 35.5. The topological polar surface area (TPSA) is 34.9 Å². The first-order valence-corrected chi connectivity index (χ1v) is 8.85. The van der Waals surface area contributed by atoms with Crippen LogP contribution in [0.1, 0.15) is 45.2 Å². The highest BCUT2D eigenvalue weighted by Gasteiger charge is 2.32. The zero-order chi connectivity index (χ0) is 17.6. The van der Waals surface area contributed by atoms with E-state index in [0.717, 1.165) is 34.6 Å². The van der Waals surface area contributed by atoms with Crippen LogP contribution in [0.5, 0.6) is 0 Å². The molecular formula is C21H19ClN2O. The van der Waals surface area contributed by atoms with Crippen LogP contribution in [-0.4, -0.2) is 15.6 Å². The van der Waals surface area contributed by atoms with E-state index < -0.39 is 0 Å². The van der Waals surface area contributed by atoms with E-state index in [1.165, 1.54) is 5.56 Å². The van der Waals surface area contributed by atoms with Gasteiger partial charge in [0, 0.05) is 11.4 Å². The number of hydrogen-bond donors (Lipinski definition) is 0. The molecule has 1 heterocycles. The van der Waals surface area contributed by atoms with Gasteiger partial charge >= 0.3 is 0 Å². The number of rotatable bonds is 2. The van der Waals surface area contributed by atoms with Crippen LogP contribution in [0, 0.1) is 13.8 Å². The predicted octanol–water partition coefficient (Wildman–Crippen LogP) is 5.06. The lowest BCUT2D eigenvalue weighted by atomic mass is 9.81. The maximum atomic E-state index is 12.8. The van der Waals surface area contributed by atoms with Crippen LogP contribution >= 0.6 is 11.6 Å². The van der Waals surface area contributed by atoms with Gasteiger partial charge in [-0.25, -0.2) is 4.68 Å². The molecule has 1 atom stereocenters. The first-order chi connectivity index (χ1) is 12.0. The van der Waals surface area contributed by atoms with Crippen molar-refractivity contribution < 1.29 is 4.79 Å². The van der Waals surface area contributed by atoms with Gasteiger partial charge in [0.05, 0.1) is 22.6 Å². The highest BCUT2D eigenvalue weighted by Crippen LogP contribution is 2.35. The maximum Gasteiger partial charge on any atom is 0.167 e. The molecule has 3 aromatic rings. The third-order valence-electron chi connectivity index (χ3n) is 4.89. The molecule has 2 aromatic carbocycles. The zero-order valence-electron chi connectivity index (χ0n) is 14.3. The molecule has 0 radical (unpaired) electrons. The van der Waals surface area contributed by atoms with Crippen LogP contribution in [-0.2, 0) is 6.42 Å². The van der Waals surface area contributed by atoms with E-state index in [9.17, 15) is 4.79 Å². The minimum Gasteiger partial charge on any atom is -0.294 e. The van der Waals surface area contributed by atoms with Crippen LogP contribution in [0.25, 0.3) is 5.69 Å². The second kappa shape index (κ2) is 6.16. The molecule has 0 N–H and O–H groups in total. The number of aromatic nitrogens is 2. The van der Waals surface area contributed by atoms with Crippen LogP contribution in [0.4, 0.5) is 0 Å². The number of nitrogens with zero attached hydrogens (tertiary/aromatic N) is 2. The SMILES string of the molecule is Cc1cccc(-n2nc(C)c3c2C[C@H](c2ccc(Cl)cc2)CC3=O)c1. The van der Waals surface area contributed by atoms with E-state index in [0.29, 0.717) is 11.4 Å². The summed E-state index contributed by atoms with van der Waals surface area (Å²) in [6, 6.07) is 16.0. The van der Waals surface area contributed by atoms with Gasteiger partial charge in [-0.15, -0.1) is 0 Å². The number of ketones is 1. The molecule has 3 nitrogen and oxygen atoms in total. The van der Waals surface area contributed by atoms with E-state index in [4.69, 9.17) is 11.6 Å². The normalized spacial score (nSPS) is 16.8. The summed E-state index contributed by atoms with van der Waals surface area (Å²) in [4.78, 5) is 12.8. The number of benzene rings is 2. The Morgan fingerprint density at radius 3 is 2.56 bits per heavy atom. The lowest BCUT2D eigenvalue weighted by Crippen LogP contribution is -2.20. The van der Waals surface area contributed by atoms with E-state index in [-0.39, 0.29) is 11.7 Å². The fourth-order valence-electron chi connectivity index (χ4n) is 3.70. The van der Waals surface area contributed by atoms with Crippen LogP contribution in [0.2, 0.25) is 5.02 Å². The van der Waals surface area contributed by atoms with Gasteiger partial charge in [0.25, 0.3) is 0 Å². The Hall–Kier alpha value is -2.39. The zero-order valence-corrected chi connectivity index (χ0v) is 15.0. The Balaban J connectivity index is 1.79. The molecule has 126 valence electrons. The molecule has 25 heavy (non-hydrogen) atoms. The summed E-state index contributed by atoms with van der Waals surface area (Å²) < 4.78 is 1.94.